The number of ether oxygens (including phenoxy) is 1. The van der Waals surface area contributed by atoms with Crippen LogP contribution in [0.15, 0.2) is 0 Å². The Morgan fingerprint density at radius 1 is 1.00 bits per heavy atom. The third-order valence-electron chi connectivity index (χ3n) is 0.925. The van der Waals surface area contributed by atoms with Crippen LogP contribution in [0, 0.1) is 0 Å². The molecule has 0 atom stereocenters. The van der Waals surface area contributed by atoms with Crippen molar-refractivity contribution in [1.82, 2.24) is 0 Å². The van der Waals surface area contributed by atoms with Crippen LogP contribution in [0.4, 0.5) is 0 Å². The van der Waals surface area contributed by atoms with Gasteiger partial charge in [0.25, 0.3) is 0 Å². The van der Waals surface area contributed by atoms with E-state index in [1.807, 2.05) is 20.8 Å². The monoisotopic (exact) mass is 212 g/mol. The van der Waals surface area contributed by atoms with Crippen LogP contribution in [0.2, 0.25) is 0 Å². The zero-order chi connectivity index (χ0) is 10.2. The fourth-order valence-electron chi connectivity index (χ4n) is 0.504. The molecule has 80 valence electrons. The van der Waals surface area contributed by atoms with Crippen LogP contribution in [0.25, 0.3) is 0 Å². The van der Waals surface area contributed by atoms with E-state index in [1.165, 1.54) is 0 Å². The van der Waals surface area contributed by atoms with E-state index in [-0.39, 0.29) is 5.60 Å². The van der Waals surface area contributed by atoms with Crippen molar-refractivity contribution in [3.8, 4) is 0 Å². The first-order chi connectivity index (χ1) is 6.06. The van der Waals surface area contributed by atoms with E-state index < -0.39 is 0 Å². The minimum absolute atomic E-state index is 0.279. The predicted molar refractivity (Wildman–Crippen MR) is 49.4 cm³/mol. The van der Waals surface area contributed by atoms with Crippen molar-refractivity contribution in [1.29, 1.82) is 0 Å². The highest BCUT2D eigenvalue weighted by Crippen LogP contribution is 2.06. The first-order valence-electron chi connectivity index (χ1n) is 4.18. The summed E-state index contributed by atoms with van der Waals surface area (Å²) in [5.41, 5.74) is -0.279. The summed E-state index contributed by atoms with van der Waals surface area (Å²) in [6.07, 6.45) is 0. The molecule has 0 N–H and O–H groups in total. The quantitative estimate of drug-likeness (QED) is 0.367. The van der Waals surface area contributed by atoms with Gasteiger partial charge in [-0.3, -0.25) is 4.29 Å². The van der Waals surface area contributed by atoms with Crippen LogP contribution in [-0.2, 0) is 18.8 Å². The van der Waals surface area contributed by atoms with E-state index >= 15 is 0 Å². The Bertz CT molecular complexity index is 113. The van der Waals surface area contributed by atoms with Crippen molar-refractivity contribution in [2.75, 3.05) is 26.4 Å². The molecule has 0 aromatic rings. The summed E-state index contributed by atoms with van der Waals surface area (Å²) in [5.74, 6) is 0. The summed E-state index contributed by atoms with van der Waals surface area (Å²) in [6.45, 7) is 7.44. The van der Waals surface area contributed by atoms with Crippen molar-refractivity contribution in [2.24, 2.45) is 0 Å². The molecule has 5 heteroatoms. The summed E-state index contributed by atoms with van der Waals surface area (Å²) in [7, 11) is 0. The highest BCUT2D eigenvalue weighted by atomic mass is 35.5. The lowest BCUT2D eigenvalue weighted by atomic mass is 10.2. The molecule has 0 bridgehead atoms. The normalized spacial score (nSPS) is 12.0. The summed E-state index contributed by atoms with van der Waals surface area (Å²) >= 11 is 4.97. The van der Waals surface area contributed by atoms with Crippen molar-refractivity contribution in [3.05, 3.63) is 0 Å². The van der Waals surface area contributed by atoms with Gasteiger partial charge < -0.3 is 4.74 Å². The zero-order valence-corrected chi connectivity index (χ0v) is 9.10. The molecule has 0 aromatic heterocycles. The minimum Gasteiger partial charge on any atom is -0.376 e. The van der Waals surface area contributed by atoms with Gasteiger partial charge in [-0.2, -0.15) is 0 Å². The topological polar surface area (TPSA) is 36.9 Å². The molecule has 0 aromatic carbocycles. The second-order valence-electron chi connectivity index (χ2n) is 3.44. The van der Waals surface area contributed by atoms with Gasteiger partial charge >= 0.3 is 0 Å². The number of rotatable bonds is 7. The summed E-state index contributed by atoms with van der Waals surface area (Å²) < 4.78 is 9.35. The van der Waals surface area contributed by atoms with Crippen LogP contribution in [0.5, 0.6) is 0 Å². The standard InChI is InChI=1S/C8H17ClO4/c1-8(2,3)13-12-7-5-10-4-6-11-9/h4-7H2,1-3H3. The number of hydrogen-bond donors (Lipinski definition) is 0. The van der Waals surface area contributed by atoms with Gasteiger partial charge in [0.1, 0.15) is 6.61 Å². The average molecular weight is 213 g/mol. The van der Waals surface area contributed by atoms with E-state index in [2.05, 4.69) is 4.29 Å². The Labute approximate surface area is 84.2 Å². The molecule has 0 heterocycles. The fourth-order valence-corrected chi connectivity index (χ4v) is 0.567. The van der Waals surface area contributed by atoms with Gasteiger partial charge in [-0.15, -0.1) is 0 Å². The predicted octanol–water partition coefficient (Wildman–Crippen LogP) is 1.92. The lowest BCUT2D eigenvalue weighted by Gasteiger charge is -2.17. The first-order valence-corrected chi connectivity index (χ1v) is 4.49. The average Bonchev–Trinajstić information content (AvgIpc) is 2.01. The van der Waals surface area contributed by atoms with Crippen LogP contribution >= 0.6 is 11.9 Å². The molecule has 0 unspecified atom stereocenters. The Hall–Kier alpha value is 0.130. The van der Waals surface area contributed by atoms with Gasteiger partial charge in [0.15, 0.2) is 0 Å². The lowest BCUT2D eigenvalue weighted by molar-refractivity contribution is -0.351. The highest BCUT2D eigenvalue weighted by Gasteiger charge is 2.10. The minimum atomic E-state index is -0.279. The molecule has 4 nitrogen and oxygen atoms in total. The summed E-state index contributed by atoms with van der Waals surface area (Å²) in [6, 6.07) is 0. The van der Waals surface area contributed by atoms with Gasteiger partial charge in [0.05, 0.1) is 37.3 Å². The summed E-state index contributed by atoms with van der Waals surface area (Å²) in [4.78, 5) is 9.88. The highest BCUT2D eigenvalue weighted by molar-refractivity contribution is 6.07. The van der Waals surface area contributed by atoms with Crippen LogP contribution < -0.4 is 0 Å². The molecular formula is C8H17ClO4. The van der Waals surface area contributed by atoms with Gasteiger partial charge in [0.2, 0.25) is 0 Å². The third-order valence-corrected chi connectivity index (χ3v) is 1.08. The maximum Gasteiger partial charge on any atom is 0.106 e. The van der Waals surface area contributed by atoms with Gasteiger partial charge in [-0.05, 0) is 20.8 Å². The molecule has 0 rings (SSSR count). The molecular weight excluding hydrogens is 196 g/mol. The maximum absolute atomic E-state index is 5.07. The van der Waals surface area contributed by atoms with E-state index in [4.69, 9.17) is 26.4 Å². The second-order valence-corrected chi connectivity index (χ2v) is 3.66. The zero-order valence-electron chi connectivity index (χ0n) is 8.34. The fraction of sp³-hybridized carbons (Fsp3) is 1.00. The van der Waals surface area contributed by atoms with E-state index in [0.717, 1.165) is 0 Å². The van der Waals surface area contributed by atoms with Crippen molar-refractivity contribution >= 4 is 11.9 Å². The molecule has 0 aliphatic carbocycles. The molecule has 0 aliphatic heterocycles. The van der Waals surface area contributed by atoms with Crippen molar-refractivity contribution < 1.29 is 18.8 Å². The molecule has 0 amide bonds. The lowest BCUT2D eigenvalue weighted by Crippen LogP contribution is -2.21. The van der Waals surface area contributed by atoms with Crippen LogP contribution in [0.3, 0.4) is 0 Å². The van der Waals surface area contributed by atoms with Gasteiger partial charge in [-0.1, -0.05) is 0 Å². The first kappa shape index (κ1) is 13.1. The Morgan fingerprint density at radius 3 is 2.15 bits per heavy atom. The molecule has 0 spiro atoms. The van der Waals surface area contributed by atoms with Gasteiger partial charge in [-0.25, -0.2) is 9.78 Å². The smallest absolute Gasteiger partial charge is 0.106 e. The Balaban J connectivity index is 3.00. The molecule has 0 aliphatic rings. The Kier molecular flexibility index (Phi) is 7.60. The molecule has 13 heavy (non-hydrogen) atoms. The van der Waals surface area contributed by atoms with Crippen molar-refractivity contribution in [2.45, 2.75) is 26.4 Å². The molecule has 0 saturated heterocycles. The molecule has 0 saturated carbocycles. The molecule has 0 fully saturated rings. The number of hydrogen-bond acceptors (Lipinski definition) is 4. The van der Waals surface area contributed by atoms with Crippen molar-refractivity contribution in [3.63, 3.8) is 0 Å². The second kappa shape index (κ2) is 7.53. The SMILES string of the molecule is CC(C)(C)OOCCOCCOCl. The number of halogens is 1. The largest absolute Gasteiger partial charge is 0.376 e. The van der Waals surface area contributed by atoms with E-state index in [1.54, 1.807) is 0 Å². The van der Waals surface area contributed by atoms with E-state index in [9.17, 15) is 0 Å². The van der Waals surface area contributed by atoms with E-state index in [0.29, 0.717) is 26.4 Å². The Morgan fingerprint density at radius 2 is 1.62 bits per heavy atom. The van der Waals surface area contributed by atoms with Crippen LogP contribution in [0.1, 0.15) is 20.8 Å². The maximum atomic E-state index is 5.07. The molecule has 0 radical (unpaired) electrons. The third kappa shape index (κ3) is 12.1. The summed E-state index contributed by atoms with van der Waals surface area (Å²) in [5, 5.41) is 0. The van der Waals surface area contributed by atoms with Crippen LogP contribution in [-0.4, -0.2) is 32.0 Å². The van der Waals surface area contributed by atoms with Gasteiger partial charge in [0, 0.05) is 0 Å².